The summed E-state index contributed by atoms with van der Waals surface area (Å²) < 4.78 is 0. The molecule has 2 aromatic carbocycles. The lowest BCUT2D eigenvalue weighted by atomic mass is 10.0. The Labute approximate surface area is 148 Å². The largest absolute Gasteiger partial charge is 0.507 e. The summed E-state index contributed by atoms with van der Waals surface area (Å²) in [7, 11) is 0. The summed E-state index contributed by atoms with van der Waals surface area (Å²) in [6.07, 6.45) is 0. The standard InChI is InChI=1S/C17H13Cl2NO2S/c1-9-15(17(22)20-12-4-2-3-10(18)7-12)16(21)13-8-11(19)5-6-14(13)23-9/h2-9,21H,1H3,(H,20,22). The van der Waals surface area contributed by atoms with Gasteiger partial charge in [-0.3, -0.25) is 4.79 Å². The molecular weight excluding hydrogens is 353 g/mol. The number of hydrogen-bond acceptors (Lipinski definition) is 3. The quantitative estimate of drug-likeness (QED) is 0.749. The van der Waals surface area contributed by atoms with Crippen molar-refractivity contribution in [2.45, 2.75) is 17.1 Å². The zero-order chi connectivity index (χ0) is 16.6. The number of benzene rings is 2. The molecule has 0 bridgehead atoms. The Balaban J connectivity index is 1.97. The van der Waals surface area contributed by atoms with E-state index in [9.17, 15) is 9.90 Å². The van der Waals surface area contributed by atoms with Gasteiger partial charge in [0.25, 0.3) is 5.91 Å². The summed E-state index contributed by atoms with van der Waals surface area (Å²) >= 11 is 13.4. The average molecular weight is 366 g/mol. The normalized spacial score (nSPS) is 16.9. The number of amides is 1. The van der Waals surface area contributed by atoms with Crippen LogP contribution < -0.4 is 5.32 Å². The fraction of sp³-hybridized carbons (Fsp3) is 0.118. The number of anilines is 1. The number of carbonyl (C=O) groups excluding carboxylic acids is 1. The molecule has 1 atom stereocenters. The SMILES string of the molecule is CC1Sc2ccc(Cl)cc2C(O)=C1C(=O)Nc1cccc(Cl)c1. The second kappa shape index (κ2) is 6.48. The highest BCUT2D eigenvalue weighted by molar-refractivity contribution is 8.00. The first kappa shape index (κ1) is 16.2. The molecule has 23 heavy (non-hydrogen) atoms. The van der Waals surface area contributed by atoms with E-state index >= 15 is 0 Å². The van der Waals surface area contributed by atoms with Crippen LogP contribution in [0.5, 0.6) is 0 Å². The number of halogens is 2. The van der Waals surface area contributed by atoms with Crippen LogP contribution in [0.15, 0.2) is 52.9 Å². The topological polar surface area (TPSA) is 49.3 Å². The average Bonchev–Trinajstić information content (AvgIpc) is 2.48. The number of fused-ring (bicyclic) bond motifs is 1. The maximum atomic E-state index is 12.6. The van der Waals surface area contributed by atoms with Crippen molar-refractivity contribution < 1.29 is 9.90 Å². The first-order valence-electron chi connectivity index (χ1n) is 6.92. The van der Waals surface area contributed by atoms with E-state index in [1.165, 1.54) is 11.8 Å². The third-order valence-electron chi connectivity index (χ3n) is 3.49. The van der Waals surface area contributed by atoms with Gasteiger partial charge in [-0.05, 0) is 43.3 Å². The second-order valence-electron chi connectivity index (χ2n) is 5.13. The van der Waals surface area contributed by atoms with Crippen molar-refractivity contribution in [3.63, 3.8) is 0 Å². The van der Waals surface area contributed by atoms with Crippen molar-refractivity contribution in [3.05, 3.63) is 63.6 Å². The predicted molar refractivity (Wildman–Crippen MR) is 96.4 cm³/mol. The number of carbonyl (C=O) groups is 1. The molecule has 0 spiro atoms. The molecule has 2 N–H and O–H groups in total. The number of nitrogens with one attached hydrogen (secondary N) is 1. The van der Waals surface area contributed by atoms with E-state index in [1.807, 2.05) is 13.0 Å². The number of rotatable bonds is 2. The van der Waals surface area contributed by atoms with Crippen LogP contribution >= 0.6 is 35.0 Å². The van der Waals surface area contributed by atoms with Gasteiger partial charge >= 0.3 is 0 Å². The van der Waals surface area contributed by atoms with E-state index in [4.69, 9.17) is 23.2 Å². The van der Waals surface area contributed by atoms with Crippen molar-refractivity contribution in [2.24, 2.45) is 0 Å². The zero-order valence-corrected chi connectivity index (χ0v) is 14.5. The molecule has 1 aliphatic heterocycles. The number of aliphatic hydroxyl groups excluding tert-OH is 1. The molecule has 0 saturated carbocycles. The molecule has 1 amide bonds. The Hall–Kier alpha value is -1.62. The van der Waals surface area contributed by atoms with Gasteiger partial charge in [-0.25, -0.2) is 0 Å². The molecule has 0 saturated heterocycles. The summed E-state index contributed by atoms with van der Waals surface area (Å²) in [6.45, 7) is 1.88. The van der Waals surface area contributed by atoms with E-state index in [-0.39, 0.29) is 16.9 Å². The summed E-state index contributed by atoms with van der Waals surface area (Å²) in [4.78, 5) is 13.5. The fourth-order valence-corrected chi connectivity index (χ4v) is 3.94. The summed E-state index contributed by atoms with van der Waals surface area (Å²) in [5.74, 6) is -0.385. The van der Waals surface area contributed by atoms with E-state index in [2.05, 4.69) is 5.32 Å². The lowest BCUT2D eigenvalue weighted by Crippen LogP contribution is -2.24. The van der Waals surface area contributed by atoms with Crippen molar-refractivity contribution >= 4 is 52.3 Å². The molecule has 118 valence electrons. The van der Waals surface area contributed by atoms with E-state index in [0.717, 1.165) is 4.90 Å². The molecule has 3 rings (SSSR count). The smallest absolute Gasteiger partial charge is 0.256 e. The van der Waals surface area contributed by atoms with Gasteiger partial charge < -0.3 is 10.4 Å². The first-order valence-corrected chi connectivity index (χ1v) is 8.56. The first-order chi connectivity index (χ1) is 11.0. The van der Waals surface area contributed by atoms with Crippen molar-refractivity contribution in [3.8, 4) is 0 Å². The van der Waals surface area contributed by atoms with Gasteiger partial charge in [-0.1, -0.05) is 29.3 Å². The van der Waals surface area contributed by atoms with E-state index < -0.39 is 0 Å². The molecule has 1 unspecified atom stereocenters. The number of hydrogen-bond donors (Lipinski definition) is 2. The monoisotopic (exact) mass is 365 g/mol. The second-order valence-corrected chi connectivity index (χ2v) is 7.38. The van der Waals surface area contributed by atoms with E-state index in [0.29, 0.717) is 26.9 Å². The van der Waals surface area contributed by atoms with Gasteiger partial charge in [0.05, 0.1) is 5.57 Å². The molecule has 6 heteroatoms. The van der Waals surface area contributed by atoms with Gasteiger partial charge in [0.1, 0.15) is 5.76 Å². The third-order valence-corrected chi connectivity index (χ3v) is 5.16. The minimum atomic E-state index is -0.351. The molecule has 1 aliphatic rings. The van der Waals surface area contributed by atoms with Gasteiger partial charge in [-0.15, -0.1) is 11.8 Å². The highest BCUT2D eigenvalue weighted by Crippen LogP contribution is 2.42. The fourth-order valence-electron chi connectivity index (χ4n) is 2.43. The zero-order valence-electron chi connectivity index (χ0n) is 12.1. The molecule has 0 aliphatic carbocycles. The van der Waals surface area contributed by atoms with Crippen LogP contribution in [0, 0.1) is 0 Å². The number of aliphatic hydroxyl groups is 1. The lowest BCUT2D eigenvalue weighted by Gasteiger charge is -2.24. The van der Waals surface area contributed by atoms with Crippen LogP contribution in [0.3, 0.4) is 0 Å². The van der Waals surface area contributed by atoms with Crippen LogP contribution in [0.25, 0.3) is 5.76 Å². The van der Waals surface area contributed by atoms with Crippen molar-refractivity contribution in [2.75, 3.05) is 5.32 Å². The van der Waals surface area contributed by atoms with Crippen LogP contribution in [0.2, 0.25) is 10.0 Å². The minimum absolute atomic E-state index is 0.0340. The van der Waals surface area contributed by atoms with Gasteiger partial charge in [0.15, 0.2) is 0 Å². The maximum Gasteiger partial charge on any atom is 0.256 e. The van der Waals surface area contributed by atoms with Crippen molar-refractivity contribution in [1.82, 2.24) is 0 Å². The summed E-state index contributed by atoms with van der Waals surface area (Å²) in [6, 6.07) is 12.2. The molecule has 0 aromatic heterocycles. The number of thioether (sulfide) groups is 1. The molecular formula is C17H13Cl2NO2S. The minimum Gasteiger partial charge on any atom is -0.507 e. The van der Waals surface area contributed by atoms with Crippen LogP contribution in [-0.2, 0) is 4.79 Å². The van der Waals surface area contributed by atoms with Gasteiger partial charge in [0, 0.05) is 31.4 Å². The lowest BCUT2D eigenvalue weighted by molar-refractivity contribution is -0.112. The Morgan fingerprint density at radius 3 is 2.65 bits per heavy atom. The van der Waals surface area contributed by atoms with E-state index in [1.54, 1.807) is 36.4 Å². The maximum absolute atomic E-state index is 12.6. The van der Waals surface area contributed by atoms with Crippen LogP contribution in [0.1, 0.15) is 12.5 Å². The van der Waals surface area contributed by atoms with Crippen molar-refractivity contribution in [1.29, 1.82) is 0 Å². The Kier molecular flexibility index (Phi) is 4.57. The van der Waals surface area contributed by atoms with Crippen LogP contribution in [0.4, 0.5) is 5.69 Å². The predicted octanol–water partition coefficient (Wildman–Crippen LogP) is 5.40. The Bertz CT molecular complexity index is 820. The van der Waals surface area contributed by atoms with Gasteiger partial charge in [-0.2, -0.15) is 0 Å². The Morgan fingerprint density at radius 2 is 1.91 bits per heavy atom. The summed E-state index contributed by atoms with van der Waals surface area (Å²) in [5.41, 5.74) is 1.48. The molecule has 3 nitrogen and oxygen atoms in total. The molecule has 1 heterocycles. The van der Waals surface area contributed by atoms with Gasteiger partial charge in [0.2, 0.25) is 0 Å². The highest BCUT2D eigenvalue weighted by Gasteiger charge is 2.30. The molecule has 0 fully saturated rings. The highest BCUT2D eigenvalue weighted by atomic mass is 35.5. The van der Waals surface area contributed by atoms with Crippen LogP contribution in [-0.4, -0.2) is 16.3 Å². The summed E-state index contributed by atoms with van der Waals surface area (Å²) in [5, 5.41) is 14.2. The third kappa shape index (κ3) is 3.34. The Morgan fingerprint density at radius 1 is 1.17 bits per heavy atom. The molecule has 2 aromatic rings. The molecule has 0 radical (unpaired) electrons.